The van der Waals surface area contributed by atoms with Crippen molar-refractivity contribution in [1.29, 1.82) is 0 Å². The summed E-state index contributed by atoms with van der Waals surface area (Å²) in [6.07, 6.45) is 0. The molecule has 0 atom stereocenters. The fraction of sp³-hybridized carbons (Fsp3) is 0.304. The van der Waals surface area contributed by atoms with Gasteiger partial charge in [0, 0.05) is 17.5 Å². The number of aromatic nitrogens is 2. The summed E-state index contributed by atoms with van der Waals surface area (Å²) >= 11 is 1.30. The Bertz CT molecular complexity index is 1310. The molecule has 0 fully saturated rings. The second-order valence-corrected chi connectivity index (χ2v) is 8.59. The van der Waals surface area contributed by atoms with Gasteiger partial charge in [-0.2, -0.15) is 0 Å². The molecule has 0 saturated heterocycles. The number of rotatable bonds is 6. The Kier molecular flexibility index (Phi) is 5.49. The van der Waals surface area contributed by atoms with Gasteiger partial charge in [-0.3, -0.25) is 9.36 Å². The molecule has 7 nitrogen and oxygen atoms in total. The smallest absolute Gasteiger partial charge is 0.263 e. The van der Waals surface area contributed by atoms with Crippen LogP contribution in [0.3, 0.4) is 0 Å². The van der Waals surface area contributed by atoms with Gasteiger partial charge in [0.15, 0.2) is 11.5 Å². The zero-order valence-corrected chi connectivity index (χ0v) is 18.9. The van der Waals surface area contributed by atoms with E-state index < -0.39 is 0 Å². The third-order valence-corrected chi connectivity index (χ3v) is 6.19. The SMILES string of the molecule is COc1cc(-c2nc3sc4c(O)cccc4c3c(=O)n2CC(C)C)cc(OC)c1OC. The lowest BCUT2D eigenvalue weighted by molar-refractivity contribution is 0.324. The van der Waals surface area contributed by atoms with E-state index in [0.29, 0.717) is 55.5 Å². The van der Waals surface area contributed by atoms with E-state index in [-0.39, 0.29) is 17.2 Å². The highest BCUT2D eigenvalue weighted by Crippen LogP contribution is 2.42. The van der Waals surface area contributed by atoms with Crippen LogP contribution < -0.4 is 19.8 Å². The summed E-state index contributed by atoms with van der Waals surface area (Å²) in [7, 11) is 4.64. The van der Waals surface area contributed by atoms with Gasteiger partial charge < -0.3 is 19.3 Å². The summed E-state index contributed by atoms with van der Waals surface area (Å²) in [5.74, 6) is 2.31. The molecule has 0 aliphatic carbocycles. The Labute approximate surface area is 183 Å². The van der Waals surface area contributed by atoms with E-state index in [1.165, 1.54) is 11.3 Å². The van der Waals surface area contributed by atoms with Crippen molar-refractivity contribution < 1.29 is 19.3 Å². The first-order valence-electron chi connectivity index (χ1n) is 9.85. The highest BCUT2D eigenvalue weighted by Gasteiger charge is 2.22. The van der Waals surface area contributed by atoms with Gasteiger partial charge in [0.1, 0.15) is 16.4 Å². The van der Waals surface area contributed by atoms with Crippen LogP contribution in [0.15, 0.2) is 35.1 Å². The highest BCUT2D eigenvalue weighted by atomic mass is 32.1. The first-order valence-corrected chi connectivity index (χ1v) is 10.7. The summed E-state index contributed by atoms with van der Waals surface area (Å²) in [5.41, 5.74) is 0.537. The minimum atomic E-state index is -0.140. The molecule has 0 saturated carbocycles. The second kappa shape index (κ2) is 8.11. The van der Waals surface area contributed by atoms with E-state index >= 15 is 0 Å². The molecule has 162 valence electrons. The average Bonchev–Trinajstić information content (AvgIpc) is 3.14. The lowest BCUT2D eigenvalue weighted by Crippen LogP contribution is -2.25. The number of ether oxygens (including phenoxy) is 3. The number of methoxy groups -OCH3 is 3. The summed E-state index contributed by atoms with van der Waals surface area (Å²) in [6.45, 7) is 4.59. The van der Waals surface area contributed by atoms with Crippen molar-refractivity contribution in [1.82, 2.24) is 9.55 Å². The largest absolute Gasteiger partial charge is 0.506 e. The third kappa shape index (κ3) is 3.46. The number of nitrogens with zero attached hydrogens (tertiary/aromatic N) is 2. The summed E-state index contributed by atoms with van der Waals surface area (Å²) in [6, 6.07) is 8.77. The van der Waals surface area contributed by atoms with Crippen molar-refractivity contribution >= 4 is 31.6 Å². The molecule has 0 aliphatic rings. The van der Waals surface area contributed by atoms with E-state index in [1.807, 2.05) is 19.9 Å². The van der Waals surface area contributed by atoms with Gasteiger partial charge in [0.2, 0.25) is 5.75 Å². The van der Waals surface area contributed by atoms with Crippen LogP contribution in [-0.2, 0) is 6.54 Å². The quantitative estimate of drug-likeness (QED) is 0.469. The van der Waals surface area contributed by atoms with Crippen LogP contribution in [0, 0.1) is 5.92 Å². The van der Waals surface area contributed by atoms with Crippen molar-refractivity contribution in [3.63, 3.8) is 0 Å². The number of phenols is 1. The summed E-state index contributed by atoms with van der Waals surface area (Å²) in [4.78, 5) is 19.1. The molecule has 8 heteroatoms. The maximum atomic E-state index is 13.6. The van der Waals surface area contributed by atoms with Gasteiger partial charge in [0.05, 0.1) is 31.4 Å². The van der Waals surface area contributed by atoms with Crippen LogP contribution in [0.2, 0.25) is 0 Å². The van der Waals surface area contributed by atoms with E-state index in [4.69, 9.17) is 19.2 Å². The average molecular weight is 441 g/mol. The summed E-state index contributed by atoms with van der Waals surface area (Å²) < 4.78 is 18.7. The molecule has 0 unspecified atom stereocenters. The molecule has 4 aromatic rings. The second-order valence-electron chi connectivity index (χ2n) is 7.60. The molecule has 2 aromatic carbocycles. The molecular weight excluding hydrogens is 416 g/mol. The zero-order chi connectivity index (χ0) is 22.3. The highest BCUT2D eigenvalue weighted by molar-refractivity contribution is 7.25. The van der Waals surface area contributed by atoms with E-state index in [2.05, 4.69) is 0 Å². The van der Waals surface area contributed by atoms with Gasteiger partial charge in [-0.05, 0) is 24.1 Å². The van der Waals surface area contributed by atoms with Gasteiger partial charge in [-0.15, -0.1) is 11.3 Å². The third-order valence-electron chi connectivity index (χ3n) is 5.07. The minimum absolute atomic E-state index is 0.140. The number of aromatic hydroxyl groups is 1. The zero-order valence-electron chi connectivity index (χ0n) is 18.1. The first-order chi connectivity index (χ1) is 14.9. The van der Waals surface area contributed by atoms with Crippen molar-refractivity contribution in [3.05, 3.63) is 40.7 Å². The predicted molar refractivity (Wildman–Crippen MR) is 123 cm³/mol. The molecule has 4 rings (SSSR count). The van der Waals surface area contributed by atoms with E-state index in [9.17, 15) is 9.90 Å². The van der Waals surface area contributed by atoms with Crippen molar-refractivity contribution in [2.45, 2.75) is 20.4 Å². The van der Waals surface area contributed by atoms with Crippen molar-refractivity contribution in [3.8, 4) is 34.4 Å². The molecule has 2 heterocycles. The fourth-order valence-electron chi connectivity index (χ4n) is 3.73. The van der Waals surface area contributed by atoms with Gasteiger partial charge >= 0.3 is 0 Å². The minimum Gasteiger partial charge on any atom is -0.506 e. The molecule has 31 heavy (non-hydrogen) atoms. The van der Waals surface area contributed by atoms with Crippen LogP contribution in [0.25, 0.3) is 31.7 Å². The topological polar surface area (TPSA) is 82.8 Å². The Balaban J connectivity index is 2.09. The molecule has 0 bridgehead atoms. The van der Waals surface area contributed by atoms with Crippen LogP contribution in [0.1, 0.15) is 13.8 Å². The molecule has 0 amide bonds. The molecule has 0 spiro atoms. The first kappa shape index (κ1) is 21.0. The number of hydrogen-bond acceptors (Lipinski definition) is 7. The standard InChI is InChI=1S/C23H24N2O5S/c1-12(2)11-25-21(13-9-16(28-3)19(30-5)17(10-13)29-4)24-22-18(23(25)27)14-7-6-8-15(26)20(14)31-22/h6-10,12,26H,11H2,1-5H3. The predicted octanol–water partition coefficient (Wildman–Crippen LogP) is 4.67. The molecule has 2 aromatic heterocycles. The molecule has 0 radical (unpaired) electrons. The number of hydrogen-bond donors (Lipinski definition) is 1. The van der Waals surface area contributed by atoms with E-state index in [0.717, 1.165) is 0 Å². The Morgan fingerprint density at radius 3 is 2.35 bits per heavy atom. The Hall–Kier alpha value is -3.26. The Morgan fingerprint density at radius 2 is 1.77 bits per heavy atom. The van der Waals surface area contributed by atoms with Crippen molar-refractivity contribution in [2.24, 2.45) is 5.92 Å². The van der Waals surface area contributed by atoms with Gasteiger partial charge in [0.25, 0.3) is 5.56 Å². The lowest BCUT2D eigenvalue weighted by Gasteiger charge is -2.17. The molecular formula is C23H24N2O5S. The number of phenolic OH excluding ortho intramolecular Hbond substituents is 1. The lowest BCUT2D eigenvalue weighted by atomic mass is 10.1. The van der Waals surface area contributed by atoms with Crippen LogP contribution in [0.5, 0.6) is 23.0 Å². The normalized spacial score (nSPS) is 11.4. The number of fused-ring (bicyclic) bond motifs is 3. The molecule has 1 N–H and O–H groups in total. The molecule has 0 aliphatic heterocycles. The monoisotopic (exact) mass is 440 g/mol. The van der Waals surface area contributed by atoms with Crippen molar-refractivity contribution in [2.75, 3.05) is 21.3 Å². The fourth-order valence-corrected chi connectivity index (χ4v) is 4.81. The maximum Gasteiger partial charge on any atom is 0.263 e. The Morgan fingerprint density at radius 1 is 1.10 bits per heavy atom. The van der Waals surface area contributed by atoms with Crippen LogP contribution in [0.4, 0.5) is 0 Å². The van der Waals surface area contributed by atoms with Crippen LogP contribution in [-0.4, -0.2) is 36.0 Å². The van der Waals surface area contributed by atoms with Gasteiger partial charge in [-0.1, -0.05) is 26.0 Å². The van der Waals surface area contributed by atoms with Gasteiger partial charge in [-0.25, -0.2) is 4.98 Å². The summed E-state index contributed by atoms with van der Waals surface area (Å²) in [5, 5.41) is 11.5. The number of thiophene rings is 1. The maximum absolute atomic E-state index is 13.6. The number of benzene rings is 2. The van der Waals surface area contributed by atoms with E-state index in [1.54, 1.807) is 50.2 Å². The van der Waals surface area contributed by atoms with Crippen LogP contribution >= 0.6 is 11.3 Å².